The Morgan fingerprint density at radius 3 is 2.81 bits per heavy atom. The van der Waals surface area contributed by atoms with Crippen LogP contribution in [0.2, 0.25) is 0 Å². The molecule has 2 aromatic heterocycles. The molecular weight excluding hydrogens is 286 g/mol. The van der Waals surface area contributed by atoms with Gasteiger partial charge in [0, 0.05) is 24.0 Å². The Kier molecular flexibility index (Phi) is 5.21. The lowest BCUT2D eigenvalue weighted by atomic mass is 10.2. The summed E-state index contributed by atoms with van der Waals surface area (Å²) in [6.45, 7) is 6.82. The predicted molar refractivity (Wildman–Crippen MR) is 85.0 cm³/mol. The van der Waals surface area contributed by atoms with Crippen LogP contribution in [0.15, 0.2) is 17.8 Å². The second-order valence-electron chi connectivity index (χ2n) is 4.86. The number of hydrogen-bond acceptors (Lipinski definition) is 6. The van der Waals surface area contributed by atoms with E-state index in [2.05, 4.69) is 32.5 Å². The van der Waals surface area contributed by atoms with Gasteiger partial charge in [0.1, 0.15) is 5.82 Å². The molecule has 7 heteroatoms. The van der Waals surface area contributed by atoms with E-state index in [9.17, 15) is 4.79 Å². The van der Waals surface area contributed by atoms with E-state index < -0.39 is 0 Å². The molecule has 0 unspecified atom stereocenters. The van der Waals surface area contributed by atoms with Gasteiger partial charge in [0.05, 0.1) is 11.9 Å². The first-order valence-electron chi connectivity index (χ1n) is 6.93. The molecule has 2 aromatic rings. The summed E-state index contributed by atoms with van der Waals surface area (Å²) in [6, 6.07) is 0. The first-order valence-corrected chi connectivity index (χ1v) is 7.81. The zero-order chi connectivity index (χ0) is 15.2. The molecule has 0 bridgehead atoms. The zero-order valence-electron chi connectivity index (χ0n) is 12.4. The van der Waals surface area contributed by atoms with Crippen molar-refractivity contribution in [2.24, 2.45) is 0 Å². The van der Waals surface area contributed by atoms with Crippen LogP contribution in [0.4, 0.5) is 10.8 Å². The highest BCUT2D eigenvalue weighted by molar-refractivity contribution is 7.13. The van der Waals surface area contributed by atoms with E-state index >= 15 is 0 Å². The van der Waals surface area contributed by atoms with Gasteiger partial charge < -0.3 is 5.32 Å². The third kappa shape index (κ3) is 3.98. The van der Waals surface area contributed by atoms with Crippen LogP contribution in [-0.4, -0.2) is 27.4 Å². The van der Waals surface area contributed by atoms with Crippen molar-refractivity contribution in [1.82, 2.24) is 15.0 Å². The Morgan fingerprint density at radius 1 is 1.38 bits per heavy atom. The van der Waals surface area contributed by atoms with Gasteiger partial charge in [-0.1, -0.05) is 20.8 Å². The summed E-state index contributed by atoms with van der Waals surface area (Å²) in [5.74, 6) is 0.547. The normalized spacial score (nSPS) is 10.7. The second kappa shape index (κ2) is 7.12. The fourth-order valence-electron chi connectivity index (χ4n) is 1.68. The maximum absolute atomic E-state index is 12.4. The first kappa shape index (κ1) is 15.4. The molecule has 0 aliphatic heterocycles. The summed E-state index contributed by atoms with van der Waals surface area (Å²) in [5, 5.41) is 8.32. The third-order valence-corrected chi connectivity index (χ3v) is 3.45. The largest absolute Gasteiger partial charge is 0.382 e. The van der Waals surface area contributed by atoms with Gasteiger partial charge in [-0.05, 0) is 6.42 Å². The van der Waals surface area contributed by atoms with E-state index in [1.165, 1.54) is 11.3 Å². The van der Waals surface area contributed by atoms with Gasteiger partial charge in [-0.2, -0.15) is 0 Å². The monoisotopic (exact) mass is 305 g/mol. The Balaban J connectivity index is 2.28. The molecule has 0 aliphatic rings. The van der Waals surface area contributed by atoms with Crippen LogP contribution >= 0.6 is 11.3 Å². The summed E-state index contributed by atoms with van der Waals surface area (Å²) in [5.41, 5.74) is 1.01. The van der Waals surface area contributed by atoms with Crippen molar-refractivity contribution in [2.75, 3.05) is 17.2 Å². The molecule has 0 saturated carbocycles. The maximum Gasteiger partial charge on any atom is 0.278 e. The minimum absolute atomic E-state index is 0.164. The molecule has 0 saturated heterocycles. The standard InChI is InChI=1S/C14H19N5OS/c1-4-5-15-10-8-17-12(9(2)3)18-11(10)13(20)19-14-16-6-7-21-14/h6-9,15H,4-5H2,1-3H3,(H,16,19,20). The minimum atomic E-state index is -0.271. The number of thiazole rings is 1. The van der Waals surface area contributed by atoms with E-state index in [-0.39, 0.29) is 11.8 Å². The maximum atomic E-state index is 12.4. The van der Waals surface area contributed by atoms with Crippen LogP contribution < -0.4 is 10.6 Å². The number of carbonyl (C=O) groups excluding carboxylic acids is 1. The van der Waals surface area contributed by atoms with E-state index in [1.807, 2.05) is 19.2 Å². The van der Waals surface area contributed by atoms with Crippen LogP contribution in [0.3, 0.4) is 0 Å². The molecule has 0 spiro atoms. The van der Waals surface area contributed by atoms with Crippen molar-refractivity contribution in [2.45, 2.75) is 33.1 Å². The van der Waals surface area contributed by atoms with Crippen molar-refractivity contribution in [3.63, 3.8) is 0 Å². The predicted octanol–water partition coefficient (Wildman–Crippen LogP) is 3.13. The number of rotatable bonds is 6. The lowest BCUT2D eigenvalue weighted by Gasteiger charge is -2.12. The molecule has 0 aliphatic carbocycles. The number of anilines is 2. The molecule has 112 valence electrons. The Labute approximate surface area is 128 Å². The summed E-state index contributed by atoms with van der Waals surface area (Å²) in [7, 11) is 0. The number of nitrogens with one attached hydrogen (secondary N) is 2. The van der Waals surface area contributed by atoms with Crippen molar-refractivity contribution in [3.8, 4) is 0 Å². The number of amides is 1. The lowest BCUT2D eigenvalue weighted by Crippen LogP contribution is -2.18. The van der Waals surface area contributed by atoms with Gasteiger partial charge in [0.2, 0.25) is 0 Å². The van der Waals surface area contributed by atoms with Crippen LogP contribution in [0.25, 0.3) is 0 Å². The summed E-state index contributed by atoms with van der Waals surface area (Å²) < 4.78 is 0. The zero-order valence-corrected chi connectivity index (χ0v) is 13.2. The Bertz CT molecular complexity index is 597. The van der Waals surface area contributed by atoms with Crippen LogP contribution in [0, 0.1) is 0 Å². The average molecular weight is 305 g/mol. The van der Waals surface area contributed by atoms with Crippen molar-refractivity contribution in [1.29, 1.82) is 0 Å². The van der Waals surface area contributed by atoms with E-state index in [4.69, 9.17) is 0 Å². The molecule has 0 fully saturated rings. The highest BCUT2D eigenvalue weighted by Gasteiger charge is 2.17. The van der Waals surface area contributed by atoms with E-state index in [0.717, 1.165) is 13.0 Å². The van der Waals surface area contributed by atoms with E-state index in [1.54, 1.807) is 12.4 Å². The number of carbonyl (C=O) groups is 1. The quantitative estimate of drug-likeness (QED) is 0.857. The molecule has 21 heavy (non-hydrogen) atoms. The minimum Gasteiger partial charge on any atom is -0.382 e. The smallest absolute Gasteiger partial charge is 0.278 e. The fourth-order valence-corrected chi connectivity index (χ4v) is 2.20. The van der Waals surface area contributed by atoms with Crippen LogP contribution in [0.1, 0.15) is 49.4 Å². The van der Waals surface area contributed by atoms with Crippen molar-refractivity contribution in [3.05, 3.63) is 29.3 Å². The highest BCUT2D eigenvalue weighted by atomic mass is 32.1. The van der Waals surface area contributed by atoms with Gasteiger partial charge in [0.25, 0.3) is 5.91 Å². The fraction of sp³-hybridized carbons (Fsp3) is 0.429. The average Bonchev–Trinajstić information content (AvgIpc) is 2.97. The van der Waals surface area contributed by atoms with Gasteiger partial charge in [-0.3, -0.25) is 10.1 Å². The second-order valence-corrected chi connectivity index (χ2v) is 5.76. The Morgan fingerprint density at radius 2 is 2.19 bits per heavy atom. The van der Waals surface area contributed by atoms with Crippen molar-refractivity contribution >= 4 is 28.1 Å². The summed E-state index contributed by atoms with van der Waals surface area (Å²) in [6.07, 6.45) is 4.28. The number of aromatic nitrogens is 3. The van der Waals surface area contributed by atoms with E-state index in [0.29, 0.717) is 22.3 Å². The topological polar surface area (TPSA) is 79.8 Å². The summed E-state index contributed by atoms with van der Waals surface area (Å²) >= 11 is 1.37. The number of nitrogens with zero attached hydrogens (tertiary/aromatic N) is 3. The van der Waals surface area contributed by atoms with Gasteiger partial charge in [-0.15, -0.1) is 11.3 Å². The summed E-state index contributed by atoms with van der Waals surface area (Å²) in [4.78, 5) is 25.2. The SMILES string of the molecule is CCCNc1cnc(C(C)C)nc1C(=O)Nc1nccs1. The molecule has 0 radical (unpaired) electrons. The molecule has 0 atom stereocenters. The third-order valence-electron chi connectivity index (χ3n) is 2.76. The van der Waals surface area contributed by atoms with Crippen molar-refractivity contribution < 1.29 is 4.79 Å². The highest BCUT2D eigenvalue weighted by Crippen LogP contribution is 2.19. The molecule has 0 aromatic carbocycles. The molecule has 2 N–H and O–H groups in total. The first-order chi connectivity index (χ1) is 10.1. The molecule has 2 rings (SSSR count). The van der Waals surface area contributed by atoms with Crippen LogP contribution in [0.5, 0.6) is 0 Å². The number of hydrogen-bond donors (Lipinski definition) is 2. The molecule has 2 heterocycles. The lowest BCUT2D eigenvalue weighted by molar-refractivity contribution is 0.102. The van der Waals surface area contributed by atoms with Crippen LogP contribution in [-0.2, 0) is 0 Å². The Hall–Kier alpha value is -2.02. The van der Waals surface area contributed by atoms with Gasteiger partial charge in [-0.25, -0.2) is 15.0 Å². The van der Waals surface area contributed by atoms with Gasteiger partial charge in [0.15, 0.2) is 10.8 Å². The molecule has 6 nitrogen and oxygen atoms in total. The molecule has 1 amide bonds. The molecular formula is C14H19N5OS. The van der Waals surface area contributed by atoms with Gasteiger partial charge >= 0.3 is 0 Å².